The molecule has 0 bridgehead atoms. The first-order chi connectivity index (χ1) is 11.4. The number of thiazole rings is 1. The van der Waals surface area contributed by atoms with Crippen LogP contribution in [0.3, 0.4) is 0 Å². The summed E-state index contributed by atoms with van der Waals surface area (Å²) in [4.78, 5) is 30.8. The Bertz CT molecular complexity index is 692. The summed E-state index contributed by atoms with van der Waals surface area (Å²) < 4.78 is 5.20. The van der Waals surface area contributed by atoms with Crippen LogP contribution < -0.4 is 10.2 Å². The molecule has 0 spiro atoms. The Morgan fingerprint density at radius 1 is 1.42 bits per heavy atom. The van der Waals surface area contributed by atoms with Gasteiger partial charge in [-0.2, -0.15) is 0 Å². The first kappa shape index (κ1) is 18.2. The SMILES string of the molecule is CC(=O)N(CCC(C)C)c1nc(C)c(C(=O)NCc2ccco2)s1. The molecule has 0 saturated carbocycles. The van der Waals surface area contributed by atoms with E-state index >= 15 is 0 Å². The maximum absolute atomic E-state index is 12.3. The lowest BCUT2D eigenvalue weighted by atomic mass is 10.1. The third-order valence-electron chi connectivity index (χ3n) is 3.54. The highest BCUT2D eigenvalue weighted by molar-refractivity contribution is 7.17. The number of carbonyl (C=O) groups is 2. The van der Waals surface area contributed by atoms with E-state index in [1.165, 1.54) is 18.3 Å². The fourth-order valence-electron chi connectivity index (χ4n) is 2.14. The lowest BCUT2D eigenvalue weighted by molar-refractivity contribution is -0.116. The Labute approximate surface area is 145 Å². The molecule has 0 aliphatic heterocycles. The Morgan fingerprint density at radius 2 is 2.17 bits per heavy atom. The Kier molecular flexibility index (Phi) is 6.14. The minimum Gasteiger partial charge on any atom is -0.467 e. The van der Waals surface area contributed by atoms with Crippen molar-refractivity contribution in [3.05, 3.63) is 34.7 Å². The second-order valence-electron chi connectivity index (χ2n) is 6.03. The molecule has 6 nitrogen and oxygen atoms in total. The van der Waals surface area contributed by atoms with Crippen molar-refractivity contribution in [2.75, 3.05) is 11.4 Å². The number of carbonyl (C=O) groups excluding carboxylic acids is 2. The van der Waals surface area contributed by atoms with Gasteiger partial charge in [0.15, 0.2) is 5.13 Å². The van der Waals surface area contributed by atoms with Crippen molar-refractivity contribution < 1.29 is 14.0 Å². The van der Waals surface area contributed by atoms with Crippen molar-refractivity contribution in [2.24, 2.45) is 5.92 Å². The zero-order valence-corrected chi connectivity index (χ0v) is 15.3. The van der Waals surface area contributed by atoms with Crippen LogP contribution in [0, 0.1) is 12.8 Å². The van der Waals surface area contributed by atoms with Gasteiger partial charge < -0.3 is 9.73 Å². The van der Waals surface area contributed by atoms with Crippen molar-refractivity contribution in [1.29, 1.82) is 0 Å². The molecule has 7 heteroatoms. The van der Waals surface area contributed by atoms with E-state index in [-0.39, 0.29) is 11.8 Å². The number of anilines is 1. The summed E-state index contributed by atoms with van der Waals surface area (Å²) in [5.41, 5.74) is 0.628. The highest BCUT2D eigenvalue weighted by atomic mass is 32.1. The molecule has 0 aliphatic carbocycles. The van der Waals surface area contributed by atoms with Gasteiger partial charge in [-0.15, -0.1) is 0 Å². The standard InChI is InChI=1S/C17H23N3O3S/c1-11(2)7-8-20(13(4)21)17-19-12(3)15(24-17)16(22)18-10-14-6-5-9-23-14/h5-6,9,11H,7-8,10H2,1-4H3,(H,18,22). The van der Waals surface area contributed by atoms with E-state index in [4.69, 9.17) is 4.42 Å². The van der Waals surface area contributed by atoms with E-state index in [1.54, 1.807) is 30.2 Å². The van der Waals surface area contributed by atoms with Gasteiger partial charge in [0.1, 0.15) is 10.6 Å². The van der Waals surface area contributed by atoms with Crippen LogP contribution in [-0.2, 0) is 11.3 Å². The van der Waals surface area contributed by atoms with Gasteiger partial charge in [0.25, 0.3) is 5.91 Å². The summed E-state index contributed by atoms with van der Waals surface area (Å²) in [6, 6.07) is 3.58. The number of furan rings is 1. The molecule has 24 heavy (non-hydrogen) atoms. The molecule has 0 atom stereocenters. The molecule has 0 radical (unpaired) electrons. The van der Waals surface area contributed by atoms with Crippen LogP contribution in [0.15, 0.2) is 22.8 Å². The summed E-state index contributed by atoms with van der Waals surface area (Å²) in [6.07, 6.45) is 2.45. The average Bonchev–Trinajstić information content (AvgIpc) is 3.14. The van der Waals surface area contributed by atoms with Gasteiger partial charge in [-0.05, 0) is 31.4 Å². The van der Waals surface area contributed by atoms with Crippen LogP contribution in [0.5, 0.6) is 0 Å². The zero-order valence-electron chi connectivity index (χ0n) is 14.5. The second-order valence-corrected chi connectivity index (χ2v) is 7.00. The summed E-state index contributed by atoms with van der Waals surface area (Å²) in [5, 5.41) is 3.38. The quantitative estimate of drug-likeness (QED) is 0.831. The largest absolute Gasteiger partial charge is 0.467 e. The molecule has 1 N–H and O–H groups in total. The number of amides is 2. The van der Waals surface area contributed by atoms with Gasteiger partial charge in [-0.1, -0.05) is 25.2 Å². The van der Waals surface area contributed by atoms with Gasteiger partial charge >= 0.3 is 0 Å². The third kappa shape index (κ3) is 4.67. The van der Waals surface area contributed by atoms with Crippen molar-refractivity contribution in [3.63, 3.8) is 0 Å². The van der Waals surface area contributed by atoms with Crippen molar-refractivity contribution in [3.8, 4) is 0 Å². The molecule has 2 rings (SSSR count). The van der Waals surface area contributed by atoms with Gasteiger partial charge in [-0.25, -0.2) is 4.98 Å². The Balaban J connectivity index is 2.09. The first-order valence-corrected chi connectivity index (χ1v) is 8.76. The van der Waals surface area contributed by atoms with Gasteiger partial charge in [0, 0.05) is 13.5 Å². The van der Waals surface area contributed by atoms with E-state index in [2.05, 4.69) is 24.1 Å². The number of aromatic nitrogens is 1. The molecule has 2 aromatic heterocycles. The van der Waals surface area contributed by atoms with Gasteiger partial charge in [0.2, 0.25) is 5.91 Å². The minimum absolute atomic E-state index is 0.0630. The molecule has 2 amide bonds. The van der Waals surface area contributed by atoms with E-state index in [0.29, 0.717) is 40.5 Å². The van der Waals surface area contributed by atoms with Crippen molar-refractivity contribution in [2.45, 2.75) is 40.7 Å². The summed E-state index contributed by atoms with van der Waals surface area (Å²) in [6.45, 7) is 8.45. The average molecular weight is 349 g/mol. The molecule has 130 valence electrons. The molecule has 0 unspecified atom stereocenters. The fourth-order valence-corrected chi connectivity index (χ4v) is 3.20. The maximum atomic E-state index is 12.3. The molecule has 0 fully saturated rings. The Morgan fingerprint density at radius 3 is 2.75 bits per heavy atom. The van der Waals surface area contributed by atoms with E-state index < -0.39 is 0 Å². The van der Waals surface area contributed by atoms with Crippen molar-refractivity contribution >= 4 is 28.3 Å². The minimum atomic E-state index is -0.208. The molecular weight excluding hydrogens is 326 g/mol. The van der Waals surface area contributed by atoms with Crippen LogP contribution in [-0.4, -0.2) is 23.3 Å². The van der Waals surface area contributed by atoms with Gasteiger partial charge in [-0.3, -0.25) is 14.5 Å². The van der Waals surface area contributed by atoms with Gasteiger partial charge in [0.05, 0.1) is 18.5 Å². The zero-order chi connectivity index (χ0) is 17.7. The molecule has 2 heterocycles. The van der Waals surface area contributed by atoms with Crippen LogP contribution in [0.2, 0.25) is 0 Å². The molecule has 0 aliphatic rings. The second kappa shape index (κ2) is 8.10. The summed E-state index contributed by atoms with van der Waals surface area (Å²) in [5.74, 6) is 0.906. The van der Waals surface area contributed by atoms with Crippen LogP contribution in [0.25, 0.3) is 0 Å². The van der Waals surface area contributed by atoms with Crippen LogP contribution in [0.4, 0.5) is 5.13 Å². The lowest BCUT2D eigenvalue weighted by Crippen LogP contribution is -2.30. The third-order valence-corrected chi connectivity index (χ3v) is 4.72. The number of rotatable bonds is 7. The highest BCUT2D eigenvalue weighted by Gasteiger charge is 2.21. The molecule has 0 saturated heterocycles. The smallest absolute Gasteiger partial charge is 0.263 e. The van der Waals surface area contributed by atoms with E-state index in [1.807, 2.05) is 0 Å². The number of hydrogen-bond donors (Lipinski definition) is 1. The summed E-state index contributed by atoms with van der Waals surface area (Å²) >= 11 is 1.24. The number of nitrogens with zero attached hydrogens (tertiary/aromatic N) is 2. The van der Waals surface area contributed by atoms with Crippen LogP contribution in [0.1, 0.15) is 48.3 Å². The number of hydrogen-bond acceptors (Lipinski definition) is 5. The first-order valence-electron chi connectivity index (χ1n) is 7.94. The molecule has 2 aromatic rings. The Hall–Kier alpha value is -2.15. The number of aryl methyl sites for hydroxylation is 1. The number of nitrogens with one attached hydrogen (secondary N) is 1. The normalized spacial score (nSPS) is 10.9. The van der Waals surface area contributed by atoms with Crippen LogP contribution >= 0.6 is 11.3 Å². The topological polar surface area (TPSA) is 75.4 Å². The van der Waals surface area contributed by atoms with E-state index in [0.717, 1.165) is 6.42 Å². The van der Waals surface area contributed by atoms with Crippen molar-refractivity contribution in [1.82, 2.24) is 10.3 Å². The lowest BCUT2D eigenvalue weighted by Gasteiger charge is -2.18. The predicted molar refractivity (Wildman–Crippen MR) is 94.2 cm³/mol. The van der Waals surface area contributed by atoms with E-state index in [9.17, 15) is 9.59 Å². The predicted octanol–water partition coefficient (Wildman–Crippen LogP) is 3.37. The maximum Gasteiger partial charge on any atom is 0.263 e. The molecule has 0 aromatic carbocycles. The summed E-state index contributed by atoms with van der Waals surface area (Å²) in [7, 11) is 0. The fraction of sp³-hybridized carbons (Fsp3) is 0.471. The monoisotopic (exact) mass is 349 g/mol. The highest BCUT2D eigenvalue weighted by Crippen LogP contribution is 2.27. The molecular formula is C17H23N3O3S.